The number of imidazole rings is 1. The van der Waals surface area contributed by atoms with Gasteiger partial charge in [-0.2, -0.15) is 5.06 Å². The largest absolute Gasteiger partial charge is 0.342 e. The summed E-state index contributed by atoms with van der Waals surface area (Å²) in [4.78, 5) is 10.2. The average molecular weight is 418 g/mol. The Kier molecular flexibility index (Phi) is 7.02. The van der Waals surface area contributed by atoms with E-state index in [9.17, 15) is 0 Å². The van der Waals surface area contributed by atoms with Crippen LogP contribution in [0.15, 0.2) is 28.1 Å². The molecule has 0 aliphatic carbocycles. The molecule has 1 aliphatic heterocycles. The number of halogens is 2. The minimum absolute atomic E-state index is 0.388. The molecule has 2 heterocycles. The Labute approximate surface area is 168 Å². The van der Waals surface area contributed by atoms with Crippen molar-refractivity contribution in [2.45, 2.75) is 50.1 Å². The highest BCUT2D eigenvalue weighted by atomic mass is 35.5. The fourth-order valence-electron chi connectivity index (χ4n) is 2.22. The van der Waals surface area contributed by atoms with Crippen LogP contribution in [0.4, 0.5) is 0 Å². The van der Waals surface area contributed by atoms with Crippen molar-refractivity contribution in [3.63, 3.8) is 0 Å². The molecule has 1 saturated heterocycles. The molecule has 136 valence electrons. The highest BCUT2D eigenvalue weighted by molar-refractivity contribution is 7.99. The van der Waals surface area contributed by atoms with Crippen LogP contribution in [0.1, 0.15) is 38.2 Å². The van der Waals surface area contributed by atoms with E-state index in [4.69, 9.17) is 28.2 Å². The molecule has 1 aromatic carbocycles. The first-order valence-electron chi connectivity index (χ1n) is 7.89. The van der Waals surface area contributed by atoms with Gasteiger partial charge in [0.05, 0.1) is 5.69 Å². The highest BCUT2D eigenvalue weighted by Gasteiger charge is 2.21. The van der Waals surface area contributed by atoms with Crippen LogP contribution in [0.2, 0.25) is 10.0 Å². The fraction of sp³-hybridized carbons (Fsp3) is 0.412. The fourth-order valence-corrected chi connectivity index (χ4v) is 4.34. The van der Waals surface area contributed by atoms with E-state index >= 15 is 0 Å². The summed E-state index contributed by atoms with van der Waals surface area (Å²) in [6.07, 6.45) is 0. The van der Waals surface area contributed by atoms with Crippen molar-refractivity contribution in [1.29, 1.82) is 0 Å². The molecule has 0 N–H and O–H groups in total. The maximum atomic E-state index is 6.08. The van der Waals surface area contributed by atoms with Crippen molar-refractivity contribution in [3.8, 4) is 0 Å². The van der Waals surface area contributed by atoms with Gasteiger partial charge in [-0.25, -0.2) is 4.98 Å². The third-order valence-corrected chi connectivity index (χ3v) is 5.35. The van der Waals surface area contributed by atoms with Crippen molar-refractivity contribution in [2.75, 3.05) is 7.05 Å². The van der Waals surface area contributed by atoms with Gasteiger partial charge in [-0.05, 0) is 50.2 Å². The molecule has 1 fully saturated rings. The van der Waals surface area contributed by atoms with Crippen LogP contribution < -0.4 is 0 Å². The quantitative estimate of drug-likeness (QED) is 0.453. The minimum Gasteiger partial charge on any atom is -0.342 e. The zero-order chi connectivity index (χ0) is 18.7. The Morgan fingerprint density at radius 1 is 1.24 bits per heavy atom. The number of thiocarbonyl (C=S) groups is 1. The molecule has 4 nitrogen and oxygen atoms in total. The molecule has 8 heteroatoms. The Morgan fingerprint density at radius 2 is 1.76 bits per heavy atom. The lowest BCUT2D eigenvalue weighted by Crippen LogP contribution is -1.99. The van der Waals surface area contributed by atoms with E-state index in [0.717, 1.165) is 23.0 Å². The molecule has 25 heavy (non-hydrogen) atoms. The van der Waals surface area contributed by atoms with Gasteiger partial charge in [0.15, 0.2) is 0 Å². The monoisotopic (exact) mass is 417 g/mol. The summed E-state index contributed by atoms with van der Waals surface area (Å²) >= 11 is 18.3. The number of benzene rings is 1. The van der Waals surface area contributed by atoms with E-state index in [0.29, 0.717) is 21.1 Å². The van der Waals surface area contributed by atoms with Crippen molar-refractivity contribution in [3.05, 3.63) is 39.8 Å². The number of rotatable bonds is 4. The van der Waals surface area contributed by atoms with Crippen LogP contribution in [0, 0.1) is 6.92 Å². The lowest BCUT2D eigenvalue weighted by Gasteiger charge is -2.11. The first kappa shape index (κ1) is 20.4. The zero-order valence-corrected chi connectivity index (χ0v) is 18.0. The van der Waals surface area contributed by atoms with Crippen molar-refractivity contribution in [2.24, 2.45) is 0 Å². The Bertz CT molecular complexity index is 757. The number of hydrogen-bond donors (Lipinski definition) is 0. The normalized spacial score (nSPS) is 12.8. The van der Waals surface area contributed by atoms with Crippen LogP contribution >= 0.6 is 47.2 Å². The Hall–Kier alpha value is -0.950. The molecule has 0 atom stereocenters. The van der Waals surface area contributed by atoms with Gasteiger partial charge in [-0.1, -0.05) is 48.8 Å². The second-order valence-electron chi connectivity index (χ2n) is 5.81. The molecule has 1 aliphatic rings. The van der Waals surface area contributed by atoms with Crippen LogP contribution in [0.25, 0.3) is 0 Å². The van der Waals surface area contributed by atoms with E-state index in [2.05, 4.69) is 42.4 Å². The predicted octanol–water partition coefficient (Wildman–Crippen LogP) is 5.94. The molecule has 0 spiro atoms. The smallest absolute Gasteiger partial charge is 0.322 e. The third kappa shape index (κ3) is 5.51. The molecule has 0 bridgehead atoms. The van der Waals surface area contributed by atoms with Gasteiger partial charge in [-0.15, -0.1) is 0 Å². The van der Waals surface area contributed by atoms with E-state index in [1.165, 1.54) is 10.1 Å². The number of hydroxylamine groups is 2. The summed E-state index contributed by atoms with van der Waals surface area (Å²) in [6, 6.07) is 5.62. The first-order valence-corrected chi connectivity index (χ1v) is 9.87. The van der Waals surface area contributed by atoms with E-state index in [1.54, 1.807) is 24.9 Å². The summed E-state index contributed by atoms with van der Waals surface area (Å²) < 4.78 is 2.23. The van der Waals surface area contributed by atoms with Gasteiger partial charge in [-0.3, -0.25) is 0 Å². The molecule has 0 amide bonds. The summed E-state index contributed by atoms with van der Waals surface area (Å²) in [5, 5.41) is 4.61. The standard InChI is InChI=1S/C15H18Cl2N2S.C2H3NOS/c1-5-19-10(4)18-14(9(2)3)15(19)20-13-7-11(16)6-12(17)8-13;1-3-2(5)4-3/h6-9H,5H2,1-4H3;1H3. The van der Waals surface area contributed by atoms with Gasteiger partial charge in [0.25, 0.3) is 0 Å². The van der Waals surface area contributed by atoms with Gasteiger partial charge in [0.2, 0.25) is 0 Å². The van der Waals surface area contributed by atoms with Gasteiger partial charge < -0.3 is 9.40 Å². The molecular weight excluding hydrogens is 397 g/mol. The number of nitrogens with zero attached hydrogens (tertiary/aromatic N) is 3. The minimum atomic E-state index is 0.388. The summed E-state index contributed by atoms with van der Waals surface area (Å²) in [7, 11) is 1.77. The van der Waals surface area contributed by atoms with E-state index in [1.807, 2.05) is 19.1 Å². The zero-order valence-electron chi connectivity index (χ0n) is 14.8. The maximum absolute atomic E-state index is 6.08. The maximum Gasteiger partial charge on any atom is 0.322 e. The number of hydrogen-bond acceptors (Lipinski definition) is 4. The summed E-state index contributed by atoms with van der Waals surface area (Å²) in [6.45, 7) is 9.41. The molecule has 0 unspecified atom stereocenters. The van der Waals surface area contributed by atoms with Crippen molar-refractivity contribution in [1.82, 2.24) is 14.6 Å². The lowest BCUT2D eigenvalue weighted by molar-refractivity contribution is 0.243. The first-order chi connectivity index (χ1) is 11.7. The van der Waals surface area contributed by atoms with Crippen LogP contribution in [0.5, 0.6) is 0 Å². The van der Waals surface area contributed by atoms with Gasteiger partial charge in [0, 0.05) is 28.5 Å². The molecule has 0 saturated carbocycles. The summed E-state index contributed by atoms with van der Waals surface area (Å²) in [5.74, 6) is 1.44. The van der Waals surface area contributed by atoms with Crippen LogP contribution in [0.3, 0.4) is 0 Å². The second kappa shape index (κ2) is 8.62. The molecule has 1 aromatic heterocycles. The summed E-state index contributed by atoms with van der Waals surface area (Å²) in [5.41, 5.74) is 1.13. The van der Waals surface area contributed by atoms with Crippen molar-refractivity contribution < 1.29 is 4.84 Å². The topological polar surface area (TPSA) is 33.4 Å². The Balaban J connectivity index is 0.000000386. The van der Waals surface area contributed by atoms with E-state index < -0.39 is 0 Å². The third-order valence-electron chi connectivity index (χ3n) is 3.49. The molecule has 3 rings (SSSR count). The number of aromatic nitrogens is 2. The SMILES string of the molecule is CCn1c(C)nc(C(C)C)c1Sc1cc(Cl)cc(Cl)c1.CN1OC1=S. The highest BCUT2D eigenvalue weighted by Crippen LogP contribution is 2.36. The molecule has 2 aromatic rings. The van der Waals surface area contributed by atoms with Gasteiger partial charge in [0.1, 0.15) is 10.9 Å². The molecular formula is C17H21Cl2N3OS2. The van der Waals surface area contributed by atoms with Crippen molar-refractivity contribution >= 4 is 52.4 Å². The Morgan fingerprint density at radius 3 is 2.16 bits per heavy atom. The van der Waals surface area contributed by atoms with Gasteiger partial charge >= 0.3 is 5.17 Å². The van der Waals surface area contributed by atoms with Crippen LogP contribution in [-0.2, 0) is 11.4 Å². The molecule has 0 radical (unpaired) electrons. The average Bonchev–Trinajstić information content (AvgIpc) is 3.04. The van der Waals surface area contributed by atoms with E-state index in [-0.39, 0.29) is 0 Å². The lowest BCUT2D eigenvalue weighted by atomic mass is 10.1. The predicted molar refractivity (Wildman–Crippen MR) is 109 cm³/mol. The second-order valence-corrected chi connectivity index (χ2v) is 8.09. The van der Waals surface area contributed by atoms with Crippen LogP contribution in [-0.4, -0.2) is 26.8 Å². The number of aryl methyl sites for hydroxylation is 1.